The summed E-state index contributed by atoms with van der Waals surface area (Å²) in [6, 6.07) is 0. The van der Waals surface area contributed by atoms with Crippen molar-refractivity contribution < 1.29 is 9.32 Å². The Hall–Kier alpha value is 0.0700. The predicted molar refractivity (Wildman–Crippen MR) is 57.3 cm³/mol. The van der Waals surface area contributed by atoms with Crippen molar-refractivity contribution in [1.82, 2.24) is 5.32 Å². The van der Waals surface area contributed by atoms with Crippen molar-refractivity contribution >= 4 is 10.8 Å². The molecule has 0 radical (unpaired) electrons. The molecule has 2 N–H and O–H groups in total. The second-order valence-corrected chi connectivity index (χ2v) is 6.06. The van der Waals surface area contributed by atoms with Gasteiger partial charge < -0.3 is 10.4 Å². The van der Waals surface area contributed by atoms with Crippen LogP contribution in [0, 0.1) is 5.41 Å². The fourth-order valence-corrected chi connectivity index (χ4v) is 1.14. The maximum Gasteiger partial charge on any atom is 0.0494 e. The molecule has 0 rings (SSSR count). The number of nitrogens with one attached hydrogen (secondary N) is 1. The molecule has 80 valence electrons. The maximum atomic E-state index is 11.0. The van der Waals surface area contributed by atoms with Crippen molar-refractivity contribution in [2.75, 3.05) is 26.0 Å². The van der Waals surface area contributed by atoms with Crippen LogP contribution in [0.5, 0.6) is 0 Å². The molecule has 0 saturated carbocycles. The van der Waals surface area contributed by atoms with E-state index in [0.29, 0.717) is 0 Å². The van der Waals surface area contributed by atoms with E-state index >= 15 is 0 Å². The SMILES string of the molecule is CC(CNCC(C)(C)CO)S(C)=O. The molecule has 3 nitrogen and oxygen atoms in total. The first-order valence-corrected chi connectivity index (χ1v) is 6.15. The van der Waals surface area contributed by atoms with Gasteiger partial charge in [0.2, 0.25) is 0 Å². The molecule has 0 aliphatic heterocycles. The van der Waals surface area contributed by atoms with Gasteiger partial charge in [-0.1, -0.05) is 13.8 Å². The van der Waals surface area contributed by atoms with Crippen LogP contribution < -0.4 is 5.32 Å². The van der Waals surface area contributed by atoms with Crippen LogP contribution in [-0.2, 0) is 10.8 Å². The average Bonchev–Trinajstić information content (AvgIpc) is 2.04. The van der Waals surface area contributed by atoms with Gasteiger partial charge in [0, 0.05) is 47.4 Å². The normalized spacial score (nSPS) is 17.0. The molecule has 4 heteroatoms. The van der Waals surface area contributed by atoms with E-state index in [-0.39, 0.29) is 17.3 Å². The zero-order chi connectivity index (χ0) is 10.5. The largest absolute Gasteiger partial charge is 0.396 e. The van der Waals surface area contributed by atoms with Gasteiger partial charge in [-0.2, -0.15) is 0 Å². The summed E-state index contributed by atoms with van der Waals surface area (Å²) >= 11 is 0. The highest BCUT2D eigenvalue weighted by Crippen LogP contribution is 2.10. The second kappa shape index (κ2) is 5.73. The molecule has 0 aliphatic carbocycles. The maximum absolute atomic E-state index is 11.0. The average molecular weight is 207 g/mol. The molecule has 0 aromatic heterocycles. The topological polar surface area (TPSA) is 49.3 Å². The highest BCUT2D eigenvalue weighted by atomic mass is 32.2. The van der Waals surface area contributed by atoms with Crippen LogP contribution >= 0.6 is 0 Å². The minimum absolute atomic E-state index is 0.0883. The predicted octanol–water partition coefficient (Wildman–Crippen LogP) is 0.361. The highest BCUT2D eigenvalue weighted by molar-refractivity contribution is 7.84. The summed E-state index contributed by atoms with van der Waals surface area (Å²) in [5.41, 5.74) is -0.0883. The standard InChI is InChI=1S/C9H21NO2S/c1-8(13(4)12)5-10-6-9(2,3)7-11/h8,10-11H,5-7H2,1-4H3. The van der Waals surface area contributed by atoms with Crippen molar-refractivity contribution in [1.29, 1.82) is 0 Å². The Bertz CT molecular complexity index is 171. The van der Waals surface area contributed by atoms with Crippen LogP contribution in [0.3, 0.4) is 0 Å². The molecule has 2 unspecified atom stereocenters. The van der Waals surface area contributed by atoms with Gasteiger partial charge in [0.1, 0.15) is 0 Å². The van der Waals surface area contributed by atoms with Crippen molar-refractivity contribution in [3.05, 3.63) is 0 Å². The molecule has 2 atom stereocenters. The second-order valence-electron chi connectivity index (χ2n) is 4.26. The van der Waals surface area contributed by atoms with E-state index in [2.05, 4.69) is 5.32 Å². The number of rotatable bonds is 6. The zero-order valence-corrected chi connectivity index (χ0v) is 9.78. The van der Waals surface area contributed by atoms with Gasteiger partial charge in [0.25, 0.3) is 0 Å². The summed E-state index contributed by atoms with van der Waals surface area (Å²) in [5, 5.41) is 12.3. The van der Waals surface area contributed by atoms with Gasteiger partial charge in [-0.15, -0.1) is 0 Å². The molecular formula is C9H21NO2S. The summed E-state index contributed by atoms with van der Waals surface area (Å²) < 4.78 is 11.0. The lowest BCUT2D eigenvalue weighted by Gasteiger charge is -2.22. The minimum atomic E-state index is -0.766. The lowest BCUT2D eigenvalue weighted by Crippen LogP contribution is -2.36. The first-order valence-electron chi connectivity index (χ1n) is 4.53. The van der Waals surface area contributed by atoms with E-state index in [0.717, 1.165) is 13.1 Å². The van der Waals surface area contributed by atoms with Gasteiger partial charge in [0.05, 0.1) is 0 Å². The quantitative estimate of drug-likeness (QED) is 0.661. The van der Waals surface area contributed by atoms with E-state index in [1.54, 1.807) is 6.26 Å². The van der Waals surface area contributed by atoms with Crippen LogP contribution in [0.4, 0.5) is 0 Å². The summed E-state index contributed by atoms with van der Waals surface area (Å²) in [4.78, 5) is 0. The summed E-state index contributed by atoms with van der Waals surface area (Å²) in [7, 11) is -0.766. The first kappa shape index (κ1) is 13.1. The fraction of sp³-hybridized carbons (Fsp3) is 1.00. The third-order valence-electron chi connectivity index (χ3n) is 2.03. The third kappa shape index (κ3) is 6.18. The molecule has 0 saturated heterocycles. The number of hydrogen-bond acceptors (Lipinski definition) is 3. The Kier molecular flexibility index (Phi) is 5.76. The van der Waals surface area contributed by atoms with Crippen molar-refractivity contribution in [3.8, 4) is 0 Å². The van der Waals surface area contributed by atoms with Crippen molar-refractivity contribution in [2.24, 2.45) is 5.41 Å². The fourth-order valence-electron chi connectivity index (χ4n) is 0.787. The zero-order valence-electron chi connectivity index (χ0n) is 8.96. The Morgan fingerprint density at radius 1 is 1.54 bits per heavy atom. The van der Waals surface area contributed by atoms with Crippen LogP contribution in [0.25, 0.3) is 0 Å². The molecule has 0 aliphatic rings. The molecule has 0 bridgehead atoms. The molecule has 0 aromatic rings. The van der Waals surface area contributed by atoms with E-state index < -0.39 is 10.8 Å². The van der Waals surface area contributed by atoms with Crippen LogP contribution in [-0.4, -0.2) is 40.5 Å². The van der Waals surface area contributed by atoms with E-state index in [4.69, 9.17) is 5.11 Å². The molecule has 0 aromatic carbocycles. The monoisotopic (exact) mass is 207 g/mol. The van der Waals surface area contributed by atoms with Gasteiger partial charge in [0.15, 0.2) is 0 Å². The molecular weight excluding hydrogens is 186 g/mol. The molecule has 0 fully saturated rings. The lowest BCUT2D eigenvalue weighted by atomic mass is 9.95. The van der Waals surface area contributed by atoms with Gasteiger partial charge in [-0.25, -0.2) is 0 Å². The molecule has 0 amide bonds. The van der Waals surface area contributed by atoms with E-state index in [1.807, 2.05) is 20.8 Å². The number of hydrogen-bond donors (Lipinski definition) is 2. The van der Waals surface area contributed by atoms with E-state index in [1.165, 1.54) is 0 Å². The highest BCUT2D eigenvalue weighted by Gasteiger charge is 2.16. The molecule has 0 spiro atoms. The molecule has 0 heterocycles. The van der Waals surface area contributed by atoms with Crippen molar-refractivity contribution in [3.63, 3.8) is 0 Å². The summed E-state index contributed by atoms with van der Waals surface area (Å²) in [6.45, 7) is 7.61. The number of aliphatic hydroxyl groups is 1. The Balaban J connectivity index is 3.62. The summed E-state index contributed by atoms with van der Waals surface area (Å²) in [5.74, 6) is 0. The molecule has 13 heavy (non-hydrogen) atoms. The Morgan fingerprint density at radius 3 is 2.46 bits per heavy atom. The first-order chi connectivity index (χ1) is 5.89. The Labute approximate surface area is 83.4 Å². The van der Waals surface area contributed by atoms with E-state index in [9.17, 15) is 4.21 Å². The third-order valence-corrected chi connectivity index (χ3v) is 3.33. The van der Waals surface area contributed by atoms with Gasteiger partial charge in [-0.05, 0) is 6.92 Å². The van der Waals surface area contributed by atoms with Gasteiger partial charge in [-0.3, -0.25) is 4.21 Å². The van der Waals surface area contributed by atoms with Crippen LogP contribution in [0.1, 0.15) is 20.8 Å². The smallest absolute Gasteiger partial charge is 0.0494 e. The lowest BCUT2D eigenvalue weighted by molar-refractivity contribution is 0.157. The number of aliphatic hydroxyl groups excluding tert-OH is 1. The van der Waals surface area contributed by atoms with Crippen LogP contribution in [0.15, 0.2) is 0 Å². The Morgan fingerprint density at radius 2 is 2.08 bits per heavy atom. The van der Waals surface area contributed by atoms with Crippen LogP contribution in [0.2, 0.25) is 0 Å². The summed E-state index contributed by atoms with van der Waals surface area (Å²) in [6.07, 6.45) is 1.71. The van der Waals surface area contributed by atoms with Gasteiger partial charge >= 0.3 is 0 Å². The van der Waals surface area contributed by atoms with Crippen molar-refractivity contribution in [2.45, 2.75) is 26.0 Å². The minimum Gasteiger partial charge on any atom is -0.396 e.